The molecule has 1 saturated heterocycles. The Bertz CT molecular complexity index is 1240. The van der Waals surface area contributed by atoms with E-state index in [1.54, 1.807) is 7.11 Å². The molecule has 168 valence electrons. The third-order valence-electron chi connectivity index (χ3n) is 6.64. The number of carbonyl (C=O) groups excluding carboxylic acids is 1. The fourth-order valence-electron chi connectivity index (χ4n) is 4.88. The summed E-state index contributed by atoms with van der Waals surface area (Å²) in [7, 11) is 1.67. The van der Waals surface area contributed by atoms with Crippen LogP contribution in [0.5, 0.6) is 5.75 Å². The molecule has 33 heavy (non-hydrogen) atoms. The molecule has 1 aliphatic carbocycles. The molecule has 2 fully saturated rings. The predicted octanol–water partition coefficient (Wildman–Crippen LogP) is 7.03. The minimum atomic E-state index is 0.0448. The van der Waals surface area contributed by atoms with E-state index in [0.29, 0.717) is 10.8 Å². The van der Waals surface area contributed by atoms with Gasteiger partial charge in [-0.15, -0.1) is 0 Å². The van der Waals surface area contributed by atoms with E-state index in [1.807, 2.05) is 59.5 Å². The Kier molecular flexibility index (Phi) is 6.23. The van der Waals surface area contributed by atoms with Crippen LogP contribution in [0.4, 0.5) is 5.69 Å². The maximum absolute atomic E-state index is 13.8. The number of thioether (sulfide) groups is 1. The summed E-state index contributed by atoms with van der Waals surface area (Å²) in [5.41, 5.74) is 1.80. The molecule has 0 radical (unpaired) electrons. The molecule has 1 heterocycles. The number of benzene rings is 3. The first-order valence-corrected chi connectivity index (χ1v) is 12.4. The molecule has 0 bridgehead atoms. The first kappa shape index (κ1) is 21.8. The van der Waals surface area contributed by atoms with Crippen molar-refractivity contribution >= 4 is 45.4 Å². The molecule has 1 saturated carbocycles. The Morgan fingerprint density at radius 1 is 1.00 bits per heavy atom. The van der Waals surface area contributed by atoms with E-state index in [1.165, 1.54) is 18.2 Å². The Morgan fingerprint density at radius 3 is 2.55 bits per heavy atom. The van der Waals surface area contributed by atoms with Crippen molar-refractivity contribution in [2.24, 2.45) is 10.9 Å². The molecular weight excluding hydrogens is 428 g/mol. The molecule has 0 N–H and O–H groups in total. The molecule has 2 aliphatic rings. The summed E-state index contributed by atoms with van der Waals surface area (Å²) in [6.07, 6.45) is 6.54. The highest BCUT2D eigenvalue weighted by molar-refractivity contribution is 8.18. The average molecular weight is 457 g/mol. The van der Waals surface area contributed by atoms with Gasteiger partial charge in [-0.1, -0.05) is 68.3 Å². The lowest BCUT2D eigenvalue weighted by atomic mass is 9.85. The van der Waals surface area contributed by atoms with Crippen molar-refractivity contribution in [2.45, 2.75) is 38.6 Å². The first-order valence-electron chi connectivity index (χ1n) is 11.6. The summed E-state index contributed by atoms with van der Waals surface area (Å²) in [6, 6.07) is 22.3. The lowest BCUT2D eigenvalue weighted by Crippen LogP contribution is -2.44. The number of hydrogen-bond donors (Lipinski definition) is 0. The molecule has 2 atom stereocenters. The molecule has 4 nitrogen and oxygen atoms in total. The van der Waals surface area contributed by atoms with E-state index in [0.717, 1.165) is 52.2 Å². The second-order valence-electron chi connectivity index (χ2n) is 8.75. The van der Waals surface area contributed by atoms with E-state index in [2.05, 4.69) is 25.1 Å². The second-order valence-corrected chi connectivity index (χ2v) is 9.76. The Hall–Kier alpha value is -3.05. The van der Waals surface area contributed by atoms with Gasteiger partial charge in [0.15, 0.2) is 5.17 Å². The average Bonchev–Trinajstić information content (AvgIpc) is 3.14. The van der Waals surface area contributed by atoms with Gasteiger partial charge in [0.05, 0.1) is 17.7 Å². The van der Waals surface area contributed by atoms with Crippen LogP contribution in [-0.4, -0.2) is 29.1 Å². The summed E-state index contributed by atoms with van der Waals surface area (Å²) < 4.78 is 5.67. The smallest absolute Gasteiger partial charge is 0.267 e. The van der Waals surface area contributed by atoms with Crippen LogP contribution in [0.15, 0.2) is 76.6 Å². The highest BCUT2D eigenvalue weighted by atomic mass is 32.2. The van der Waals surface area contributed by atoms with Gasteiger partial charge in [0.25, 0.3) is 5.91 Å². The lowest BCUT2D eigenvalue weighted by Gasteiger charge is -2.35. The number of para-hydroxylation sites is 1. The fourth-order valence-corrected chi connectivity index (χ4v) is 5.91. The Balaban J connectivity index is 1.61. The van der Waals surface area contributed by atoms with Crippen LogP contribution >= 0.6 is 11.8 Å². The van der Waals surface area contributed by atoms with Crippen LogP contribution in [0, 0.1) is 5.92 Å². The van der Waals surface area contributed by atoms with E-state index in [4.69, 9.17) is 9.73 Å². The molecule has 3 aromatic carbocycles. The van der Waals surface area contributed by atoms with Crippen LogP contribution in [0.3, 0.4) is 0 Å². The summed E-state index contributed by atoms with van der Waals surface area (Å²) in [6.45, 7) is 2.26. The van der Waals surface area contributed by atoms with Crippen molar-refractivity contribution < 1.29 is 9.53 Å². The number of rotatable bonds is 4. The quantitative estimate of drug-likeness (QED) is 0.396. The number of nitrogens with zero attached hydrogens (tertiary/aromatic N) is 2. The van der Waals surface area contributed by atoms with Crippen LogP contribution in [0.25, 0.3) is 16.8 Å². The van der Waals surface area contributed by atoms with Crippen molar-refractivity contribution in [3.63, 3.8) is 0 Å². The molecule has 0 aromatic heterocycles. The van der Waals surface area contributed by atoms with Gasteiger partial charge in [0.1, 0.15) is 5.75 Å². The maximum Gasteiger partial charge on any atom is 0.267 e. The standard InChI is InChI=1S/C28H28N2O2S/c1-19-10-6-9-15-24(19)30-27(31)26(33-28(30)29-21-12-4-3-5-13-21)18-23-22-14-8-7-11-20(22)16-17-25(23)32-2/h3-5,7-8,11-14,16-19,24H,6,9-10,15H2,1-2H3/b26-18-,29-28?/t19-,24+/m1/s1. The number of hydrogen-bond acceptors (Lipinski definition) is 4. The van der Waals surface area contributed by atoms with Gasteiger partial charge in [-0.3, -0.25) is 9.69 Å². The predicted molar refractivity (Wildman–Crippen MR) is 138 cm³/mol. The summed E-state index contributed by atoms with van der Waals surface area (Å²) >= 11 is 1.47. The minimum Gasteiger partial charge on any atom is -0.496 e. The Labute approximate surface area is 199 Å². The first-order chi connectivity index (χ1) is 16.2. The molecule has 5 rings (SSSR count). The molecule has 5 heteroatoms. The summed E-state index contributed by atoms with van der Waals surface area (Å²) in [5, 5.41) is 2.97. The van der Waals surface area contributed by atoms with Gasteiger partial charge in [0, 0.05) is 11.6 Å². The van der Waals surface area contributed by atoms with Gasteiger partial charge < -0.3 is 4.74 Å². The summed E-state index contributed by atoms with van der Waals surface area (Å²) in [5.74, 6) is 1.26. The zero-order chi connectivity index (χ0) is 22.8. The molecule has 3 aromatic rings. The number of fused-ring (bicyclic) bond motifs is 1. The second kappa shape index (κ2) is 9.44. The number of carbonyl (C=O) groups is 1. The van der Waals surface area contributed by atoms with E-state index in [-0.39, 0.29) is 11.9 Å². The molecule has 1 amide bonds. The van der Waals surface area contributed by atoms with E-state index < -0.39 is 0 Å². The fraction of sp³-hybridized carbons (Fsp3) is 0.286. The van der Waals surface area contributed by atoms with Crippen LogP contribution < -0.4 is 4.74 Å². The van der Waals surface area contributed by atoms with Gasteiger partial charge >= 0.3 is 0 Å². The van der Waals surface area contributed by atoms with Crippen molar-refractivity contribution in [3.05, 3.63) is 77.2 Å². The SMILES string of the molecule is COc1ccc2ccccc2c1/C=C1\SC(=Nc2ccccc2)N([C@H]2CCCC[C@H]2C)C1=O. The third-order valence-corrected chi connectivity index (χ3v) is 7.62. The largest absolute Gasteiger partial charge is 0.496 e. The molecular formula is C28H28N2O2S. The topological polar surface area (TPSA) is 41.9 Å². The van der Waals surface area contributed by atoms with E-state index in [9.17, 15) is 4.79 Å². The van der Waals surface area contributed by atoms with Crippen LogP contribution in [0.1, 0.15) is 38.2 Å². The zero-order valence-corrected chi connectivity index (χ0v) is 19.8. The number of ether oxygens (including phenoxy) is 1. The number of aliphatic imine (C=N–C) groups is 1. The minimum absolute atomic E-state index is 0.0448. The van der Waals surface area contributed by atoms with Crippen molar-refractivity contribution in [2.75, 3.05) is 7.11 Å². The van der Waals surface area contributed by atoms with Gasteiger partial charge in [-0.25, -0.2) is 4.99 Å². The van der Waals surface area contributed by atoms with Crippen LogP contribution in [-0.2, 0) is 4.79 Å². The third kappa shape index (κ3) is 4.30. The van der Waals surface area contributed by atoms with Gasteiger partial charge in [0.2, 0.25) is 0 Å². The van der Waals surface area contributed by atoms with Crippen LogP contribution in [0.2, 0.25) is 0 Å². The monoisotopic (exact) mass is 456 g/mol. The molecule has 0 unspecified atom stereocenters. The number of methoxy groups -OCH3 is 1. The maximum atomic E-state index is 13.8. The Morgan fingerprint density at radius 2 is 1.76 bits per heavy atom. The van der Waals surface area contributed by atoms with E-state index >= 15 is 0 Å². The zero-order valence-electron chi connectivity index (χ0n) is 19.0. The molecule has 0 spiro atoms. The number of amides is 1. The highest BCUT2D eigenvalue weighted by Crippen LogP contribution is 2.41. The van der Waals surface area contributed by atoms with Crippen molar-refractivity contribution in [1.29, 1.82) is 0 Å². The van der Waals surface area contributed by atoms with Gasteiger partial charge in [-0.2, -0.15) is 0 Å². The number of amidine groups is 1. The van der Waals surface area contributed by atoms with Gasteiger partial charge in [-0.05, 0) is 65.6 Å². The van der Waals surface area contributed by atoms with Crippen molar-refractivity contribution in [3.8, 4) is 5.75 Å². The molecule has 1 aliphatic heterocycles. The van der Waals surface area contributed by atoms with Crippen molar-refractivity contribution in [1.82, 2.24) is 4.90 Å². The lowest BCUT2D eigenvalue weighted by molar-refractivity contribution is -0.124. The normalized spacial score (nSPS) is 23.6. The highest BCUT2D eigenvalue weighted by Gasteiger charge is 2.41. The summed E-state index contributed by atoms with van der Waals surface area (Å²) in [4.78, 5) is 21.4.